The van der Waals surface area contributed by atoms with Crippen molar-refractivity contribution >= 4 is 77.3 Å². The van der Waals surface area contributed by atoms with Gasteiger partial charge in [0.15, 0.2) is 15.6 Å². The summed E-state index contributed by atoms with van der Waals surface area (Å²) in [4.78, 5) is 24.5. The van der Waals surface area contributed by atoms with Crippen molar-refractivity contribution in [1.82, 2.24) is 0 Å². The Hall–Kier alpha value is -7.43. The summed E-state index contributed by atoms with van der Waals surface area (Å²) in [5, 5.41) is 9.43. The van der Waals surface area contributed by atoms with Gasteiger partial charge in [0, 0.05) is 38.0 Å². The smallest absolute Gasteiger partial charge is 0.253 e. The molecule has 0 saturated carbocycles. The van der Waals surface area contributed by atoms with Crippen LogP contribution in [-0.4, -0.2) is 57.8 Å². The predicted octanol–water partition coefficient (Wildman–Crippen LogP) is 29.3. The first-order valence-electron chi connectivity index (χ1n) is 40.4. The molecule has 1 aliphatic rings. The summed E-state index contributed by atoms with van der Waals surface area (Å²) in [6.45, 7) is 50.4. The van der Waals surface area contributed by atoms with Crippen molar-refractivity contribution in [1.29, 1.82) is 0 Å². The quantitative estimate of drug-likeness (QED) is 0.0968. The van der Waals surface area contributed by atoms with E-state index in [0.717, 1.165) is 31.9 Å². The second-order valence-electron chi connectivity index (χ2n) is 32.2. The molecule has 1 fully saturated rings. The second-order valence-corrected chi connectivity index (χ2v) is 36.9. The first-order chi connectivity index (χ1) is 54.0. The third-order valence-electron chi connectivity index (χ3n) is 18.6. The molecule has 11 rings (SSSR count). The van der Waals surface area contributed by atoms with Crippen LogP contribution in [0.4, 0.5) is 14.5 Å². The number of nitrogens with zero attached hydrogens (tertiary/aromatic N) is 1. The SMILES string of the molecule is CC(C)c1ccc(Br)cc1.CC(C)c1ccc(Cl)cc1.CC(C)c1ccc(F)cc1.CC(C)c1ccc(I)cc1.CC(C)c1cccc(CC(=O)CO)c1.CC(C)c1cccc(CS(C)(=O)=O)c1.CC(C)c1cccc(N2CCOCC2=O)c1.Cc1cc(F)ccc1C(C)C.Cc1ccc(C(C)C)cc1.Cc1ccc(C(C)C)cc1. The van der Waals surface area contributed by atoms with Gasteiger partial charge in [0.1, 0.15) is 24.8 Å². The van der Waals surface area contributed by atoms with Crippen LogP contribution in [-0.2, 0) is 36.3 Å². The van der Waals surface area contributed by atoms with Gasteiger partial charge in [-0.25, -0.2) is 17.2 Å². The van der Waals surface area contributed by atoms with E-state index in [0.29, 0.717) is 78.8 Å². The molecule has 624 valence electrons. The molecule has 1 N–H and O–H groups in total. The van der Waals surface area contributed by atoms with Crippen molar-refractivity contribution in [2.24, 2.45) is 0 Å². The lowest BCUT2D eigenvalue weighted by atomic mass is 9.98. The third-order valence-corrected chi connectivity index (χ3v) is 20.9. The summed E-state index contributed by atoms with van der Waals surface area (Å²) < 4.78 is 54.7. The average molecular weight is 1780 g/mol. The van der Waals surface area contributed by atoms with Crippen molar-refractivity contribution < 1.29 is 36.6 Å². The van der Waals surface area contributed by atoms with E-state index in [1.165, 1.54) is 94.8 Å². The summed E-state index contributed by atoms with van der Waals surface area (Å²) in [7, 11) is -2.92. The van der Waals surface area contributed by atoms with Gasteiger partial charge in [0.2, 0.25) is 0 Å². The van der Waals surface area contributed by atoms with Crippen LogP contribution in [0.25, 0.3) is 0 Å². The van der Waals surface area contributed by atoms with Crippen molar-refractivity contribution in [2.45, 2.75) is 231 Å². The van der Waals surface area contributed by atoms with Gasteiger partial charge in [-0.05, 0) is 248 Å². The third kappa shape index (κ3) is 44.6. The number of carbonyl (C=O) groups excluding carboxylic acids is 2. The van der Waals surface area contributed by atoms with E-state index in [1.54, 1.807) is 11.0 Å². The van der Waals surface area contributed by atoms with Crippen LogP contribution in [0.5, 0.6) is 0 Å². The van der Waals surface area contributed by atoms with Gasteiger partial charge in [0.05, 0.1) is 12.4 Å². The molecule has 1 saturated heterocycles. The fourth-order valence-electron chi connectivity index (χ4n) is 11.1. The summed E-state index contributed by atoms with van der Waals surface area (Å²) in [6, 6.07) is 78.0. The van der Waals surface area contributed by atoms with Crippen LogP contribution in [0, 0.1) is 36.0 Å². The number of hydrogen-bond acceptors (Lipinski definition) is 6. The summed E-state index contributed by atoms with van der Waals surface area (Å²) in [6.07, 6.45) is 1.59. The fraction of sp³-hybridized carbons (Fsp3) is 0.392. The molecule has 1 aliphatic heterocycles. The van der Waals surface area contributed by atoms with Gasteiger partial charge in [-0.15, -0.1) is 0 Å². The van der Waals surface area contributed by atoms with Crippen molar-refractivity contribution in [3.63, 3.8) is 0 Å². The minimum absolute atomic E-state index is 0.0483. The van der Waals surface area contributed by atoms with Gasteiger partial charge in [-0.3, -0.25) is 9.59 Å². The Kier molecular flexibility index (Phi) is 49.8. The summed E-state index contributed by atoms with van der Waals surface area (Å²) in [5.41, 5.74) is 19.6. The number of rotatable bonds is 16. The predicted molar refractivity (Wildman–Crippen MR) is 502 cm³/mol. The van der Waals surface area contributed by atoms with Crippen molar-refractivity contribution in [3.05, 3.63) is 345 Å². The average Bonchev–Trinajstić information content (AvgIpc) is 0.832. The number of amides is 1. The number of halogens is 5. The number of ether oxygens (including phenoxy) is 1. The first-order valence-corrected chi connectivity index (χ1v) is 44.7. The lowest BCUT2D eigenvalue weighted by Gasteiger charge is -2.27. The van der Waals surface area contributed by atoms with Crippen molar-refractivity contribution in [3.8, 4) is 0 Å². The minimum Gasteiger partial charge on any atom is -0.389 e. The molecule has 0 bridgehead atoms. The van der Waals surface area contributed by atoms with E-state index in [1.807, 2.05) is 91.9 Å². The maximum atomic E-state index is 12.6. The number of Topliss-reactive ketones (excluding diaryl/α,β-unsaturated/α-hetero) is 1. The monoisotopic (exact) mass is 1780 g/mol. The Bertz CT molecular complexity index is 4080. The van der Waals surface area contributed by atoms with Crippen LogP contribution in [0.2, 0.25) is 5.02 Å². The molecule has 1 amide bonds. The Morgan fingerprint density at radius 3 is 1.17 bits per heavy atom. The molecular formula is C102H134BrClF2INO6S. The zero-order valence-corrected chi connectivity index (χ0v) is 78.6. The molecule has 10 aromatic carbocycles. The highest BCUT2D eigenvalue weighted by Gasteiger charge is 2.21. The number of aryl methyl sites for hydroxylation is 3. The number of hydrogen-bond donors (Lipinski definition) is 1. The van der Waals surface area contributed by atoms with E-state index >= 15 is 0 Å². The molecule has 13 heteroatoms. The standard InChI is InChI=1S/C13H17NO2.C12H16O2.C11H16O2S.C10H13F.2C10H14.C9H11Br.C9H11Cl.C9H11F.C9H11I/c1-10(2)11-4-3-5-12(8-11)14-6-7-16-9-13(14)15;1-9(2)11-5-3-4-10(6-11)7-12(14)8-13;1-9(2)11-6-4-5-10(7-11)8-14(3,12)13;1-7(2)10-5-4-9(11)6-8(10)3;2*1-8(2)10-6-4-9(3)5-7-10;4*1-7(2)8-3-5-9(10)6-4-8/h3-5,8,10H,6-7,9H2,1-2H3;3-6,9,13H,7-8H2,1-2H3;4-7,9H,8H2,1-3H3;4-7H,1-3H3;2*4-8H,1-3H3;4*3-7H,1-2H3. The van der Waals surface area contributed by atoms with Crippen LogP contribution in [0.1, 0.15) is 281 Å². The zero-order valence-electron chi connectivity index (χ0n) is 73.3. The van der Waals surface area contributed by atoms with Gasteiger partial charge in [0.25, 0.3) is 5.91 Å². The van der Waals surface area contributed by atoms with Crippen LogP contribution in [0.15, 0.2) is 241 Å². The Labute approximate surface area is 721 Å². The van der Waals surface area contributed by atoms with E-state index in [4.69, 9.17) is 21.4 Å². The van der Waals surface area contributed by atoms with E-state index in [2.05, 4.69) is 318 Å². The minimum atomic E-state index is -2.92. The van der Waals surface area contributed by atoms with E-state index in [-0.39, 0.29) is 42.3 Å². The fourth-order valence-corrected chi connectivity index (χ4v) is 12.6. The molecular weight excluding hydrogens is 1650 g/mol. The molecule has 0 spiro atoms. The molecule has 115 heavy (non-hydrogen) atoms. The number of carbonyl (C=O) groups is 2. The maximum absolute atomic E-state index is 12.6. The lowest BCUT2D eigenvalue weighted by Crippen LogP contribution is -2.41. The Balaban J connectivity index is 0.000000435. The Morgan fingerprint density at radius 1 is 0.452 bits per heavy atom. The first kappa shape index (κ1) is 104. The normalized spacial score (nSPS) is 11.5. The second kappa shape index (κ2) is 55.3. The summed E-state index contributed by atoms with van der Waals surface area (Å²) in [5.74, 6) is 5.28. The number of ketones is 1. The maximum Gasteiger partial charge on any atom is 0.253 e. The number of aliphatic hydroxyl groups excluding tert-OH is 1. The van der Waals surface area contributed by atoms with Crippen LogP contribution in [0.3, 0.4) is 0 Å². The van der Waals surface area contributed by atoms with Crippen molar-refractivity contribution in [2.75, 3.05) is 37.5 Å². The number of anilines is 1. The number of aliphatic hydroxyl groups is 1. The molecule has 0 unspecified atom stereocenters. The molecule has 0 aromatic heterocycles. The molecule has 7 nitrogen and oxygen atoms in total. The van der Waals surface area contributed by atoms with Gasteiger partial charge >= 0.3 is 0 Å². The highest BCUT2D eigenvalue weighted by atomic mass is 127. The van der Waals surface area contributed by atoms with Crippen LogP contribution < -0.4 is 4.90 Å². The van der Waals surface area contributed by atoms with Gasteiger partial charge in [-0.1, -0.05) is 341 Å². The highest BCUT2D eigenvalue weighted by Crippen LogP contribution is 2.26. The number of benzene rings is 10. The topological polar surface area (TPSA) is 101 Å². The molecule has 0 atom stereocenters. The van der Waals surface area contributed by atoms with Gasteiger partial charge < -0.3 is 14.7 Å². The van der Waals surface area contributed by atoms with E-state index in [9.17, 15) is 26.8 Å². The zero-order chi connectivity index (χ0) is 86.7. The number of sulfone groups is 1. The molecule has 1 heterocycles. The Morgan fingerprint density at radius 2 is 0.800 bits per heavy atom. The number of morpholine rings is 1. The molecule has 0 radical (unpaired) electrons. The van der Waals surface area contributed by atoms with Gasteiger partial charge in [-0.2, -0.15) is 0 Å². The van der Waals surface area contributed by atoms with E-state index < -0.39 is 9.84 Å². The molecule has 10 aromatic rings. The molecule has 0 aliphatic carbocycles. The highest BCUT2D eigenvalue weighted by molar-refractivity contribution is 14.1. The largest absolute Gasteiger partial charge is 0.389 e. The lowest BCUT2D eigenvalue weighted by molar-refractivity contribution is -0.125. The summed E-state index contributed by atoms with van der Waals surface area (Å²) >= 11 is 11.4. The van der Waals surface area contributed by atoms with Crippen LogP contribution >= 0.6 is 50.1 Å².